The first-order valence-corrected chi connectivity index (χ1v) is 10.3. The van der Waals surface area contributed by atoms with Gasteiger partial charge in [0.1, 0.15) is 19.3 Å². The molecule has 2 fully saturated rings. The molecular formula is C13H15N7O8S2. The molecule has 0 aliphatic carbocycles. The highest BCUT2D eigenvalue weighted by atomic mass is 32.2. The van der Waals surface area contributed by atoms with Gasteiger partial charge >= 0.3 is 16.3 Å². The van der Waals surface area contributed by atoms with E-state index in [4.69, 9.17) is 5.73 Å². The lowest BCUT2D eigenvalue weighted by Crippen LogP contribution is -2.77. The second-order valence-electron chi connectivity index (χ2n) is 6.07. The van der Waals surface area contributed by atoms with Crippen molar-refractivity contribution in [3.05, 3.63) is 11.1 Å². The number of hydrogen-bond donors (Lipinski definition) is 3. The third-order valence-corrected chi connectivity index (χ3v) is 5.72. The summed E-state index contributed by atoms with van der Waals surface area (Å²) in [6.07, 6.45) is -1.80. The zero-order chi connectivity index (χ0) is 22.4. The molecule has 0 spiro atoms. The largest absolute Gasteiger partial charge is 0.398 e. The van der Waals surface area contributed by atoms with Crippen molar-refractivity contribution in [3.8, 4) is 0 Å². The van der Waals surface area contributed by atoms with Crippen molar-refractivity contribution < 1.29 is 37.0 Å². The smallest absolute Gasteiger partial charge is 0.364 e. The molecule has 4 N–H and O–H groups in total. The van der Waals surface area contributed by atoms with E-state index in [1.54, 1.807) is 0 Å². The lowest BCUT2D eigenvalue weighted by Gasteiger charge is -2.46. The molecule has 0 bridgehead atoms. The number of hydrogen-bond acceptors (Lipinski definition) is 11. The number of aromatic nitrogens is 1. The molecule has 3 rings (SSSR count). The number of rotatable bonds is 6. The Balaban J connectivity index is 1.92. The summed E-state index contributed by atoms with van der Waals surface area (Å²) in [7, 11) is -2.70. The van der Waals surface area contributed by atoms with E-state index in [2.05, 4.69) is 20.3 Å². The maximum Gasteiger partial charge on any atom is 0.364 e. The van der Waals surface area contributed by atoms with Crippen molar-refractivity contribution in [3.63, 3.8) is 0 Å². The van der Waals surface area contributed by atoms with Crippen molar-refractivity contribution in [1.82, 2.24) is 24.4 Å². The normalized spacial score (nSPS) is 22.4. The summed E-state index contributed by atoms with van der Waals surface area (Å²) in [6, 6.07) is -2.58. The minimum Gasteiger partial charge on any atom is -0.398 e. The first kappa shape index (κ1) is 21.4. The van der Waals surface area contributed by atoms with E-state index < -0.39 is 52.0 Å². The van der Waals surface area contributed by atoms with Crippen LogP contribution in [-0.2, 0) is 29.5 Å². The summed E-state index contributed by atoms with van der Waals surface area (Å²) < 4.78 is 32.5. The molecule has 17 heteroatoms. The van der Waals surface area contributed by atoms with Crippen LogP contribution in [0, 0.1) is 0 Å². The van der Waals surface area contributed by atoms with E-state index >= 15 is 0 Å². The maximum absolute atomic E-state index is 12.7. The number of likely N-dealkylation sites (N-methyl/N-ethyl adjacent to an activating group) is 1. The number of imide groups is 1. The summed E-state index contributed by atoms with van der Waals surface area (Å²) in [5.41, 5.74) is 5.15. The molecule has 30 heavy (non-hydrogen) atoms. The fourth-order valence-corrected chi connectivity index (χ4v) is 4.27. The van der Waals surface area contributed by atoms with Gasteiger partial charge in [-0.2, -0.15) is 12.7 Å². The van der Waals surface area contributed by atoms with Gasteiger partial charge in [-0.05, 0) is 0 Å². The minimum absolute atomic E-state index is 0.0138. The Morgan fingerprint density at radius 3 is 2.57 bits per heavy atom. The van der Waals surface area contributed by atoms with Gasteiger partial charge in [0.25, 0.3) is 17.7 Å². The Labute approximate surface area is 172 Å². The maximum atomic E-state index is 12.7. The van der Waals surface area contributed by atoms with Crippen LogP contribution in [0.1, 0.15) is 5.69 Å². The topological polar surface area (TPSA) is 205 Å². The number of urea groups is 1. The average Bonchev–Trinajstić information content (AvgIpc) is 3.17. The summed E-state index contributed by atoms with van der Waals surface area (Å²) in [5.74, 6) is -3.11. The molecule has 3 heterocycles. The number of β-lactam (4-membered cyclic amide) rings is 1. The van der Waals surface area contributed by atoms with Crippen LogP contribution in [0.5, 0.6) is 0 Å². The lowest BCUT2D eigenvalue weighted by molar-refractivity contribution is -0.154. The molecule has 1 aromatic rings. The zero-order valence-corrected chi connectivity index (χ0v) is 17.0. The molecule has 0 unspecified atom stereocenters. The quantitative estimate of drug-likeness (QED) is 0.133. The molecule has 2 aliphatic heterocycles. The minimum atomic E-state index is -5.13. The summed E-state index contributed by atoms with van der Waals surface area (Å²) in [6.45, 7) is -0.377. The number of anilines is 1. The molecule has 2 atom stereocenters. The Bertz CT molecular complexity index is 1070. The van der Waals surface area contributed by atoms with Crippen molar-refractivity contribution in [2.75, 3.05) is 26.4 Å². The van der Waals surface area contributed by atoms with Gasteiger partial charge in [-0.3, -0.25) is 18.9 Å². The molecule has 0 radical (unpaired) electrons. The van der Waals surface area contributed by atoms with Crippen LogP contribution in [-0.4, -0.2) is 94.4 Å². The van der Waals surface area contributed by atoms with E-state index in [1.807, 2.05) is 0 Å². The molecule has 5 amide bonds. The average molecular weight is 461 g/mol. The molecule has 2 saturated heterocycles. The standard InChI is InChI=1S/C13H15N7O8S2/c1-18-3-6(21)19(13(18)24)10-8(11(23)20(10)30(25,26)27)16-9(22)7(17-28-2)5-4-29-12(14)15-5/h4,8,10H,3H2,1-2H3,(H2,14,15)(H,16,22)(H,25,26,27)/b17-7-/t8-,10+/m0/s1. The van der Waals surface area contributed by atoms with Crippen LogP contribution in [0.2, 0.25) is 0 Å². The Kier molecular flexibility index (Phi) is 5.35. The monoisotopic (exact) mass is 461 g/mol. The van der Waals surface area contributed by atoms with Gasteiger partial charge in [0.2, 0.25) is 0 Å². The van der Waals surface area contributed by atoms with Gasteiger partial charge < -0.3 is 20.8 Å². The number of nitrogens with one attached hydrogen (secondary N) is 1. The Hall–Kier alpha value is -3.31. The van der Waals surface area contributed by atoms with E-state index in [0.717, 1.165) is 23.3 Å². The Morgan fingerprint density at radius 2 is 2.10 bits per heavy atom. The second-order valence-corrected chi connectivity index (χ2v) is 8.25. The first-order chi connectivity index (χ1) is 14.0. The van der Waals surface area contributed by atoms with Crippen molar-refractivity contribution in [2.24, 2.45) is 5.16 Å². The number of nitrogens with zero attached hydrogens (tertiary/aromatic N) is 5. The molecule has 2 aliphatic rings. The molecule has 162 valence electrons. The third-order valence-electron chi connectivity index (χ3n) is 4.16. The van der Waals surface area contributed by atoms with Gasteiger partial charge in [0.05, 0.1) is 0 Å². The molecule has 15 nitrogen and oxygen atoms in total. The molecule has 0 saturated carbocycles. The van der Waals surface area contributed by atoms with E-state index in [9.17, 15) is 32.1 Å². The fraction of sp³-hybridized carbons (Fsp3) is 0.385. The van der Waals surface area contributed by atoms with E-state index in [0.29, 0.717) is 4.90 Å². The number of oxime groups is 1. The first-order valence-electron chi connectivity index (χ1n) is 7.98. The highest BCUT2D eigenvalue weighted by Crippen LogP contribution is 2.30. The van der Waals surface area contributed by atoms with Crippen molar-refractivity contribution >= 4 is 56.2 Å². The highest BCUT2D eigenvalue weighted by Gasteiger charge is 2.61. The van der Waals surface area contributed by atoms with Crippen LogP contribution >= 0.6 is 11.3 Å². The van der Waals surface area contributed by atoms with Crippen LogP contribution in [0.4, 0.5) is 9.93 Å². The molecule has 0 aromatic carbocycles. The summed E-state index contributed by atoms with van der Waals surface area (Å²) >= 11 is 1.00. The van der Waals surface area contributed by atoms with Gasteiger partial charge in [0, 0.05) is 12.4 Å². The van der Waals surface area contributed by atoms with Gasteiger partial charge in [-0.1, -0.05) is 5.16 Å². The second kappa shape index (κ2) is 7.50. The van der Waals surface area contributed by atoms with Gasteiger partial charge in [-0.15, -0.1) is 11.3 Å². The van der Waals surface area contributed by atoms with Crippen LogP contribution in [0.3, 0.4) is 0 Å². The van der Waals surface area contributed by atoms with Crippen molar-refractivity contribution in [2.45, 2.75) is 12.2 Å². The fourth-order valence-electron chi connectivity index (χ4n) is 2.89. The summed E-state index contributed by atoms with van der Waals surface area (Å²) in [4.78, 5) is 59.3. The number of nitrogens with two attached hydrogens (primary N) is 1. The van der Waals surface area contributed by atoms with Crippen molar-refractivity contribution in [1.29, 1.82) is 0 Å². The number of amides is 5. The van der Waals surface area contributed by atoms with Gasteiger partial charge in [-0.25, -0.2) is 14.7 Å². The number of carbonyl (C=O) groups is 4. The lowest BCUT2D eigenvalue weighted by atomic mass is 10.0. The summed E-state index contributed by atoms with van der Waals surface area (Å²) in [5, 5.41) is 7.22. The van der Waals surface area contributed by atoms with Gasteiger partial charge in [0.15, 0.2) is 23.1 Å². The number of carbonyl (C=O) groups excluding carboxylic acids is 4. The van der Waals surface area contributed by atoms with E-state index in [1.165, 1.54) is 12.4 Å². The predicted molar refractivity (Wildman–Crippen MR) is 99.1 cm³/mol. The van der Waals surface area contributed by atoms with Crippen LogP contribution < -0.4 is 11.1 Å². The van der Waals surface area contributed by atoms with E-state index in [-0.39, 0.29) is 21.7 Å². The Morgan fingerprint density at radius 1 is 1.43 bits per heavy atom. The third kappa shape index (κ3) is 3.53. The van der Waals surface area contributed by atoms with Crippen LogP contribution in [0.15, 0.2) is 10.5 Å². The van der Waals surface area contributed by atoms with Crippen LogP contribution in [0.25, 0.3) is 0 Å². The SMILES string of the molecule is CO/N=C(\C(=O)N[C@@H]1C(=O)N(S(=O)(=O)O)[C@H]1N1C(=O)CN(C)C1=O)c1csc(N)n1. The predicted octanol–water partition coefficient (Wildman–Crippen LogP) is -2.57. The molecular weight excluding hydrogens is 446 g/mol. The molecule has 1 aromatic heterocycles. The highest BCUT2D eigenvalue weighted by molar-refractivity contribution is 7.84. The number of nitrogen functional groups attached to an aromatic ring is 1. The zero-order valence-electron chi connectivity index (χ0n) is 15.4. The number of thiazole rings is 1.